The molecule has 2 saturated heterocycles. The number of halogens is 5. The summed E-state index contributed by atoms with van der Waals surface area (Å²) in [5.41, 5.74) is -5.67. The van der Waals surface area contributed by atoms with Crippen molar-refractivity contribution in [1.29, 1.82) is 0 Å². The minimum absolute atomic E-state index is 0.0137. The Hall–Kier alpha value is -6.75. The van der Waals surface area contributed by atoms with Gasteiger partial charge in [-0.1, -0.05) is 18.2 Å². The molecule has 0 bridgehead atoms. The second-order valence-electron chi connectivity index (χ2n) is 34.6. The smallest absolute Gasteiger partial charge is 0.323 e. The number of esters is 9. The molecule has 2 fully saturated rings. The summed E-state index contributed by atoms with van der Waals surface area (Å²) in [6.07, 6.45) is -0.171. The van der Waals surface area contributed by atoms with Crippen LogP contribution in [0.4, 0.5) is 22.7 Å². The first-order valence-corrected chi connectivity index (χ1v) is 37.2. The van der Waals surface area contributed by atoms with E-state index in [1.165, 1.54) is 0 Å². The van der Waals surface area contributed by atoms with E-state index in [1.807, 2.05) is 108 Å². The van der Waals surface area contributed by atoms with Crippen LogP contribution in [-0.2, 0) is 85.8 Å². The van der Waals surface area contributed by atoms with Gasteiger partial charge in [0, 0.05) is 136 Å². The molecular formula is C77H135F5N8O20. The SMILES string of the molecule is CC(C)(C)OC(=O)CN1CCN(CC(=O)OC(C)(C)C)CCN([C@H](CCC(=O)O)C(=O)OC(C)(C)C)CCN(CC(=O)OC(C)(C)C)CC1.CC(C)(C)OC(=O)CN1CCN(CC(=O)OC(C)(C)C)CCN([C@H](CCC(=O)Oc2ccccc2)C(=O)OC(C)(C)C)CCN(CC(=O)OC(C)(C)C)CC1.CF.FF.FF. The Morgan fingerprint density at radius 2 is 0.500 bits per heavy atom. The Morgan fingerprint density at radius 3 is 0.691 bits per heavy atom. The van der Waals surface area contributed by atoms with E-state index in [9.17, 15) is 57.4 Å². The minimum Gasteiger partial charge on any atom is -0.481 e. The molecule has 110 heavy (non-hydrogen) atoms. The van der Waals surface area contributed by atoms with Gasteiger partial charge in [0.1, 0.15) is 62.6 Å². The van der Waals surface area contributed by atoms with E-state index in [0.717, 1.165) is 0 Å². The van der Waals surface area contributed by atoms with Gasteiger partial charge in [0.05, 0.1) is 46.4 Å². The third kappa shape index (κ3) is 55.6. The van der Waals surface area contributed by atoms with E-state index < -0.39 is 105 Å². The standard InChI is InChI=1S/C41H68N4O10.C35H64N4O10.CH3F.2F2/c1-38(2,3)52-34(47)28-42-20-22-43(29-35(48)53-39(4,5)6)24-26-45(27-25-44(23-21-42)30-36(49)54-40(7,8)9)32(37(50)55-41(10,11)12)18-19-33(46)51-31-16-14-13-15-17-31;1-32(2,3)46-28(42)23-36-15-17-37(24-29(43)47-33(4,5)6)19-21-39(26(13-14-27(40)41)31(45)49-35(10,11)12)22-20-38(18-16-36)25-30(44)48-34(7,8)9;3*1-2/h13-17,32H,18-30H2,1-12H3;26H,13-25H2,1-12H3,(H,40,41);1H3;;/t32-;26-;;;/m11.../s1. The Labute approximate surface area is 650 Å². The largest absolute Gasteiger partial charge is 0.481 e. The van der Waals surface area contributed by atoms with Crippen LogP contribution in [0, 0.1) is 0 Å². The van der Waals surface area contributed by atoms with Crippen molar-refractivity contribution in [3.05, 3.63) is 30.3 Å². The number of hydrogen-bond acceptors (Lipinski definition) is 27. The number of carboxylic acids is 1. The van der Waals surface area contributed by atoms with Crippen molar-refractivity contribution in [2.24, 2.45) is 0 Å². The first-order valence-electron chi connectivity index (χ1n) is 37.2. The van der Waals surface area contributed by atoms with Gasteiger partial charge in [-0.2, -0.15) is 0 Å². The molecule has 33 heteroatoms. The normalized spacial score (nSPS) is 16.8. The molecule has 2 aliphatic heterocycles. The molecule has 0 saturated carbocycles. The van der Waals surface area contributed by atoms with Crippen LogP contribution in [0.3, 0.4) is 0 Å². The summed E-state index contributed by atoms with van der Waals surface area (Å²) >= 11 is 0. The van der Waals surface area contributed by atoms with Crippen LogP contribution in [-0.4, -0.2) is 312 Å². The second-order valence-corrected chi connectivity index (χ2v) is 34.6. The van der Waals surface area contributed by atoms with E-state index in [0.29, 0.717) is 118 Å². The topological polar surface area (TPSA) is 300 Å². The van der Waals surface area contributed by atoms with Crippen molar-refractivity contribution >= 4 is 59.7 Å². The van der Waals surface area contributed by atoms with Crippen LogP contribution >= 0.6 is 0 Å². The Kier molecular flexibility index (Phi) is 48.2. The lowest BCUT2D eigenvalue weighted by molar-refractivity contribution is -0.164. The van der Waals surface area contributed by atoms with Crippen LogP contribution in [0.1, 0.15) is 192 Å². The summed E-state index contributed by atoms with van der Waals surface area (Å²) in [7, 11) is 0.500. The van der Waals surface area contributed by atoms with Crippen LogP contribution in [0.25, 0.3) is 0 Å². The fourth-order valence-electron chi connectivity index (χ4n) is 10.8. The monoisotopic (exact) mass is 1590 g/mol. The van der Waals surface area contributed by atoms with Crippen LogP contribution < -0.4 is 4.74 Å². The Balaban J connectivity index is 0. The molecule has 0 unspecified atom stereocenters. The number of hydrogen-bond donors (Lipinski definition) is 1. The van der Waals surface area contributed by atoms with Crippen molar-refractivity contribution < 1.29 is 118 Å². The zero-order valence-electron chi connectivity index (χ0n) is 70.6. The average Bonchev–Trinajstić information content (AvgIpc) is 0.857. The zero-order chi connectivity index (χ0) is 85.4. The summed E-state index contributed by atoms with van der Waals surface area (Å²) in [6.45, 7) is 48.8. The fraction of sp³-hybridized carbons (Fsp3) is 0.792. The zero-order valence-corrected chi connectivity index (χ0v) is 70.6. The van der Waals surface area contributed by atoms with Gasteiger partial charge in [-0.05, 0) is 191 Å². The summed E-state index contributed by atoms with van der Waals surface area (Å²) in [4.78, 5) is 146. The highest BCUT2D eigenvalue weighted by atomic mass is 20.0. The number of carbonyl (C=O) groups is 10. The first kappa shape index (κ1) is 105. The lowest BCUT2D eigenvalue weighted by Gasteiger charge is -2.37. The third-order valence-corrected chi connectivity index (χ3v) is 14.8. The maximum absolute atomic E-state index is 13.9. The number of carboxylic acid groups (broad SMARTS) is 1. The highest BCUT2D eigenvalue weighted by Gasteiger charge is 2.36. The molecule has 1 N–H and O–H groups in total. The highest BCUT2D eigenvalue weighted by Crippen LogP contribution is 2.22. The van der Waals surface area contributed by atoms with Gasteiger partial charge in [-0.25, -0.2) is 0 Å². The lowest BCUT2D eigenvalue weighted by Crippen LogP contribution is -2.53. The number of nitrogens with zero attached hydrogens (tertiary/aromatic N) is 8. The van der Waals surface area contributed by atoms with Gasteiger partial charge in [0.25, 0.3) is 0 Å². The highest BCUT2D eigenvalue weighted by molar-refractivity contribution is 5.79. The van der Waals surface area contributed by atoms with Crippen molar-refractivity contribution in [2.75, 3.05) is 151 Å². The molecule has 0 spiro atoms. The number of alkyl halides is 1. The van der Waals surface area contributed by atoms with Gasteiger partial charge in [0.15, 0.2) is 0 Å². The molecule has 638 valence electrons. The van der Waals surface area contributed by atoms with Gasteiger partial charge in [0.2, 0.25) is 0 Å². The molecule has 0 radical (unpaired) electrons. The maximum atomic E-state index is 13.9. The number of benzene rings is 1. The molecule has 0 amide bonds. The molecule has 2 heterocycles. The van der Waals surface area contributed by atoms with Crippen molar-refractivity contribution in [3.8, 4) is 5.75 Å². The fourth-order valence-corrected chi connectivity index (χ4v) is 10.8. The predicted octanol–water partition coefficient (Wildman–Crippen LogP) is 9.40. The number of carbonyl (C=O) groups excluding carboxylic acids is 9. The molecule has 0 aromatic heterocycles. The molecule has 1 aromatic rings. The molecule has 28 nitrogen and oxygen atoms in total. The van der Waals surface area contributed by atoms with Crippen LogP contribution in [0.5, 0.6) is 5.75 Å². The average molecular weight is 1590 g/mol. The molecule has 1 aromatic carbocycles. The van der Waals surface area contributed by atoms with E-state index >= 15 is 0 Å². The molecule has 0 aliphatic carbocycles. The third-order valence-electron chi connectivity index (χ3n) is 14.8. The lowest BCUT2D eigenvalue weighted by atomic mass is 10.1. The molecular weight excluding hydrogens is 1450 g/mol. The Bertz CT molecular complexity index is 2810. The number of rotatable bonds is 23. The maximum Gasteiger partial charge on any atom is 0.323 e. The first-order chi connectivity index (χ1) is 50.5. The number of para-hydroxylation sites is 1. The Morgan fingerprint density at radius 1 is 0.309 bits per heavy atom. The van der Waals surface area contributed by atoms with Gasteiger partial charge < -0.3 is 47.7 Å². The van der Waals surface area contributed by atoms with Gasteiger partial charge in [-0.15, -0.1) is 0 Å². The second kappa shape index (κ2) is 50.4. The van der Waals surface area contributed by atoms with Crippen molar-refractivity contribution in [3.63, 3.8) is 0 Å². The van der Waals surface area contributed by atoms with Crippen LogP contribution in [0.15, 0.2) is 30.3 Å². The summed E-state index contributed by atoms with van der Waals surface area (Å²) in [5, 5.41) is 9.52. The molecule has 2 aliphatic rings. The predicted molar refractivity (Wildman–Crippen MR) is 406 cm³/mol. The molecule has 2 atom stereocenters. The van der Waals surface area contributed by atoms with Crippen molar-refractivity contribution in [2.45, 2.75) is 249 Å². The summed E-state index contributed by atoms with van der Waals surface area (Å²) < 4.78 is 92.5. The van der Waals surface area contributed by atoms with Gasteiger partial charge in [-0.3, -0.25) is 91.5 Å². The van der Waals surface area contributed by atoms with E-state index in [2.05, 4.69) is 0 Å². The van der Waals surface area contributed by atoms with E-state index in [1.54, 1.807) is 128 Å². The minimum atomic E-state index is -1.04. The van der Waals surface area contributed by atoms with E-state index in [4.69, 9.17) is 60.9 Å². The van der Waals surface area contributed by atoms with Crippen LogP contribution in [0.2, 0.25) is 0 Å². The number of aliphatic carboxylic acids is 1. The summed E-state index contributed by atoms with van der Waals surface area (Å²) in [5.74, 6) is -4.55. The summed E-state index contributed by atoms with van der Waals surface area (Å²) in [6, 6.07) is 7.01. The van der Waals surface area contributed by atoms with Crippen molar-refractivity contribution in [1.82, 2.24) is 39.2 Å². The van der Waals surface area contributed by atoms with Gasteiger partial charge >= 0.3 is 59.7 Å². The van der Waals surface area contributed by atoms with E-state index in [-0.39, 0.29) is 76.9 Å². The molecule has 3 rings (SSSR count). The quantitative estimate of drug-likeness (QED) is 0.0461. The number of ether oxygens (including phenoxy) is 9.